The molecule has 1 N–H and O–H groups in total. The summed E-state index contributed by atoms with van der Waals surface area (Å²) in [5.74, 6) is 0.414. The summed E-state index contributed by atoms with van der Waals surface area (Å²) >= 11 is 0. The van der Waals surface area contributed by atoms with Gasteiger partial charge in [0.05, 0.1) is 12.4 Å². The number of carbonyl (C=O) groups is 2. The number of rotatable bonds is 4. The topological polar surface area (TPSA) is 81.5 Å². The number of carbonyl (C=O) groups excluding carboxylic acids is 2. The summed E-state index contributed by atoms with van der Waals surface area (Å²) in [6, 6.07) is 3.71. The van der Waals surface area contributed by atoms with Crippen LogP contribution >= 0.6 is 0 Å². The molecule has 0 unspecified atom stereocenters. The lowest BCUT2D eigenvalue weighted by molar-refractivity contribution is 0.0156. The number of hydrogen-bond acceptors (Lipinski definition) is 5. The molecule has 2 aromatic rings. The Morgan fingerprint density at radius 1 is 1.40 bits per heavy atom. The van der Waals surface area contributed by atoms with Crippen LogP contribution in [0.1, 0.15) is 63.0 Å². The first-order chi connectivity index (χ1) is 12.1. The van der Waals surface area contributed by atoms with Crippen LogP contribution in [0.3, 0.4) is 0 Å². The van der Waals surface area contributed by atoms with E-state index in [2.05, 4.69) is 4.98 Å². The van der Waals surface area contributed by atoms with Crippen LogP contribution in [-0.2, 0) is 15.9 Å². The van der Waals surface area contributed by atoms with Gasteiger partial charge in [-0.15, -0.1) is 0 Å². The van der Waals surface area contributed by atoms with Crippen molar-refractivity contribution in [3.05, 3.63) is 46.7 Å². The molecule has 3 heterocycles. The number of H-pyrrole nitrogens is 1. The van der Waals surface area contributed by atoms with E-state index in [1.165, 1.54) is 0 Å². The van der Waals surface area contributed by atoms with E-state index in [0.29, 0.717) is 29.7 Å². The third kappa shape index (κ3) is 3.02. The van der Waals surface area contributed by atoms with Gasteiger partial charge in [0, 0.05) is 30.2 Å². The zero-order valence-corrected chi connectivity index (χ0v) is 14.2. The smallest absolute Gasteiger partial charge is 0.355 e. The molecule has 2 atom stereocenters. The van der Waals surface area contributed by atoms with Crippen LogP contribution in [0.2, 0.25) is 0 Å². The van der Waals surface area contributed by atoms with Gasteiger partial charge in [-0.2, -0.15) is 0 Å². The van der Waals surface area contributed by atoms with Crippen LogP contribution in [0.5, 0.6) is 0 Å². The van der Waals surface area contributed by atoms with E-state index in [0.717, 1.165) is 30.9 Å². The van der Waals surface area contributed by atoms with E-state index >= 15 is 0 Å². The van der Waals surface area contributed by atoms with Crippen molar-refractivity contribution in [2.75, 3.05) is 13.2 Å². The Morgan fingerprint density at radius 3 is 3.00 bits per heavy atom. The molecule has 0 amide bonds. The number of fused-ring (bicyclic) bond motifs is 1. The normalized spacial score (nSPS) is 22.8. The monoisotopic (exact) mass is 343 g/mol. The highest BCUT2D eigenvalue weighted by molar-refractivity contribution is 6.03. The number of ketones is 1. The zero-order chi connectivity index (χ0) is 17.4. The van der Waals surface area contributed by atoms with E-state index in [4.69, 9.17) is 13.9 Å². The number of ether oxygens (including phenoxy) is 2. The molecule has 1 aliphatic heterocycles. The average molecular weight is 343 g/mol. The summed E-state index contributed by atoms with van der Waals surface area (Å²) in [6.07, 6.45) is 4.55. The molecule has 1 saturated heterocycles. The summed E-state index contributed by atoms with van der Waals surface area (Å²) in [4.78, 5) is 28.1. The molecule has 6 nitrogen and oxygen atoms in total. The van der Waals surface area contributed by atoms with Gasteiger partial charge in [-0.05, 0) is 43.9 Å². The fourth-order valence-corrected chi connectivity index (χ4v) is 3.78. The Morgan fingerprint density at radius 2 is 2.28 bits per heavy atom. The van der Waals surface area contributed by atoms with Crippen molar-refractivity contribution in [3.63, 3.8) is 0 Å². The molecule has 0 radical (unpaired) electrons. The number of furan rings is 1. The van der Waals surface area contributed by atoms with Crippen molar-refractivity contribution in [1.82, 2.24) is 4.98 Å². The zero-order valence-electron chi connectivity index (χ0n) is 14.2. The minimum atomic E-state index is -0.426. The van der Waals surface area contributed by atoms with Gasteiger partial charge in [-0.1, -0.05) is 0 Å². The fraction of sp³-hybridized carbons (Fsp3) is 0.474. The molecule has 0 spiro atoms. The Kier molecular flexibility index (Phi) is 4.21. The SMILES string of the molecule is Cc1c(C(=O)OC[C@@H]2CCCO2)[nH]c2c1C(=O)C[C@H](c1ccco1)C2. The molecule has 2 aliphatic rings. The maximum absolute atomic E-state index is 12.6. The molecule has 1 aliphatic carbocycles. The van der Waals surface area contributed by atoms with Crippen molar-refractivity contribution in [2.24, 2.45) is 0 Å². The predicted octanol–water partition coefficient (Wildman–Crippen LogP) is 3.16. The van der Waals surface area contributed by atoms with Crippen LogP contribution in [0, 0.1) is 6.92 Å². The summed E-state index contributed by atoms with van der Waals surface area (Å²) in [6.45, 7) is 2.77. The first kappa shape index (κ1) is 16.1. The number of esters is 1. The van der Waals surface area contributed by atoms with E-state index in [1.807, 2.05) is 12.1 Å². The minimum absolute atomic E-state index is 0.00353. The third-order valence-electron chi connectivity index (χ3n) is 5.06. The maximum Gasteiger partial charge on any atom is 0.355 e. The van der Waals surface area contributed by atoms with Crippen LogP contribution in [-0.4, -0.2) is 36.1 Å². The highest BCUT2D eigenvalue weighted by atomic mass is 16.6. The first-order valence-electron chi connectivity index (χ1n) is 8.70. The van der Waals surface area contributed by atoms with E-state index in [-0.39, 0.29) is 24.4 Å². The summed E-state index contributed by atoms with van der Waals surface area (Å²) in [7, 11) is 0. The van der Waals surface area contributed by atoms with Gasteiger partial charge in [0.2, 0.25) is 0 Å². The highest BCUT2D eigenvalue weighted by Gasteiger charge is 2.33. The van der Waals surface area contributed by atoms with Crippen LogP contribution in [0.4, 0.5) is 0 Å². The molecule has 6 heteroatoms. The largest absolute Gasteiger partial charge is 0.469 e. The van der Waals surface area contributed by atoms with Gasteiger partial charge in [0.25, 0.3) is 0 Å². The molecule has 1 fully saturated rings. The van der Waals surface area contributed by atoms with Gasteiger partial charge < -0.3 is 18.9 Å². The lowest BCUT2D eigenvalue weighted by Crippen LogP contribution is -2.18. The molecule has 4 rings (SSSR count). The Bertz CT molecular complexity index is 783. The third-order valence-corrected chi connectivity index (χ3v) is 5.06. The molecule has 0 saturated carbocycles. The lowest BCUT2D eigenvalue weighted by atomic mass is 9.84. The quantitative estimate of drug-likeness (QED) is 0.862. The number of aromatic nitrogens is 1. The lowest BCUT2D eigenvalue weighted by Gasteiger charge is -2.19. The summed E-state index contributed by atoms with van der Waals surface area (Å²) in [5.41, 5.74) is 2.47. The number of Topliss-reactive ketones (excluding diaryl/α,β-unsaturated/α-hetero) is 1. The van der Waals surface area contributed by atoms with Gasteiger partial charge in [-0.25, -0.2) is 4.79 Å². The van der Waals surface area contributed by atoms with Crippen molar-refractivity contribution in [3.8, 4) is 0 Å². The molecule has 0 bridgehead atoms. The van der Waals surface area contributed by atoms with Crippen molar-refractivity contribution < 1.29 is 23.5 Å². The summed E-state index contributed by atoms with van der Waals surface area (Å²) < 4.78 is 16.3. The fourth-order valence-electron chi connectivity index (χ4n) is 3.78. The standard InChI is InChI=1S/C19H21NO5/c1-11-17-14(8-12(9-15(17)21)16-5-3-7-24-16)20-18(11)19(22)25-10-13-4-2-6-23-13/h3,5,7,12-13,20H,2,4,6,8-10H2,1H3/t12-,13+/m1/s1. The molecule has 132 valence electrons. The second-order valence-corrected chi connectivity index (χ2v) is 6.76. The number of nitrogens with one attached hydrogen (secondary N) is 1. The van der Waals surface area contributed by atoms with E-state index in [1.54, 1.807) is 13.2 Å². The molecule has 25 heavy (non-hydrogen) atoms. The van der Waals surface area contributed by atoms with E-state index < -0.39 is 5.97 Å². The number of hydrogen-bond donors (Lipinski definition) is 1. The van der Waals surface area contributed by atoms with Crippen LogP contribution < -0.4 is 0 Å². The Labute approximate surface area is 145 Å². The van der Waals surface area contributed by atoms with Crippen molar-refractivity contribution >= 4 is 11.8 Å². The molecular formula is C19H21NO5. The van der Waals surface area contributed by atoms with Gasteiger partial charge in [-0.3, -0.25) is 4.79 Å². The average Bonchev–Trinajstić information content (AvgIpc) is 3.34. The van der Waals surface area contributed by atoms with E-state index in [9.17, 15) is 9.59 Å². The minimum Gasteiger partial charge on any atom is -0.469 e. The van der Waals surface area contributed by atoms with Crippen molar-refractivity contribution in [2.45, 2.75) is 44.6 Å². The van der Waals surface area contributed by atoms with Crippen molar-refractivity contribution in [1.29, 1.82) is 0 Å². The second-order valence-electron chi connectivity index (χ2n) is 6.76. The maximum atomic E-state index is 12.6. The first-order valence-corrected chi connectivity index (χ1v) is 8.70. The molecule has 0 aromatic carbocycles. The summed E-state index contributed by atoms with van der Waals surface area (Å²) in [5, 5.41) is 0. The predicted molar refractivity (Wildman–Crippen MR) is 88.9 cm³/mol. The number of aromatic amines is 1. The van der Waals surface area contributed by atoms with Gasteiger partial charge >= 0.3 is 5.97 Å². The highest BCUT2D eigenvalue weighted by Crippen LogP contribution is 2.35. The second kappa shape index (κ2) is 6.52. The molecule has 2 aromatic heterocycles. The van der Waals surface area contributed by atoms with Gasteiger partial charge in [0.1, 0.15) is 18.1 Å². The molecular weight excluding hydrogens is 322 g/mol. The van der Waals surface area contributed by atoms with Crippen LogP contribution in [0.15, 0.2) is 22.8 Å². The Hall–Kier alpha value is -2.34. The van der Waals surface area contributed by atoms with Crippen LogP contribution in [0.25, 0.3) is 0 Å². The van der Waals surface area contributed by atoms with Gasteiger partial charge in [0.15, 0.2) is 5.78 Å². The Balaban J connectivity index is 1.52.